The Hall–Kier alpha value is -2.00. The molecule has 0 aliphatic heterocycles. The topological polar surface area (TPSA) is 63.2 Å². The molecule has 1 N–H and O–H groups in total. The van der Waals surface area contributed by atoms with Crippen LogP contribution in [-0.2, 0) is 20.8 Å². The average Bonchev–Trinajstić information content (AvgIpc) is 2.65. The van der Waals surface area contributed by atoms with Gasteiger partial charge in [-0.1, -0.05) is 18.2 Å². The van der Waals surface area contributed by atoms with E-state index in [1.807, 2.05) is 30.3 Å². The Balaban J connectivity index is 2.03. The predicted octanol–water partition coefficient (Wildman–Crippen LogP) is 4.17. The molecule has 0 spiro atoms. The van der Waals surface area contributed by atoms with Crippen LogP contribution in [0.5, 0.6) is 0 Å². The first-order valence-corrected chi connectivity index (χ1v) is 10.8. The highest BCUT2D eigenvalue weighted by atomic mass is 32.2. The number of alkyl halides is 3. The second kappa shape index (κ2) is 8.57. The number of carbonyl (C=O) groups excluding carboxylic acids is 1. The van der Waals surface area contributed by atoms with E-state index in [0.717, 1.165) is 17.0 Å². The van der Waals surface area contributed by atoms with Gasteiger partial charge in [-0.3, -0.25) is 4.79 Å². The summed E-state index contributed by atoms with van der Waals surface area (Å²) in [6.07, 6.45) is -4.56. The standard InChI is InChI=1S/C19H20F3NO3S2/c1-18(2,17(24)23-12-13-27-15-6-4-3-5-7-15)28(25,26)16-10-8-14(9-11-16)19(20,21)22/h3-11H,12-13H2,1-2H3,(H,23,24). The predicted molar refractivity (Wildman–Crippen MR) is 103 cm³/mol. The van der Waals surface area contributed by atoms with E-state index < -0.39 is 32.2 Å². The van der Waals surface area contributed by atoms with Crippen molar-refractivity contribution in [1.29, 1.82) is 0 Å². The Morgan fingerprint density at radius 1 is 1.00 bits per heavy atom. The lowest BCUT2D eigenvalue weighted by Crippen LogP contribution is -2.48. The van der Waals surface area contributed by atoms with E-state index >= 15 is 0 Å². The van der Waals surface area contributed by atoms with Gasteiger partial charge in [-0.2, -0.15) is 13.2 Å². The van der Waals surface area contributed by atoms with Crippen LogP contribution in [0.2, 0.25) is 0 Å². The molecule has 0 aliphatic rings. The molecule has 2 rings (SSSR count). The van der Waals surface area contributed by atoms with Crippen LogP contribution < -0.4 is 5.32 Å². The summed E-state index contributed by atoms with van der Waals surface area (Å²) in [5.74, 6) is -0.160. The number of nitrogens with one attached hydrogen (secondary N) is 1. The van der Waals surface area contributed by atoms with Gasteiger partial charge in [-0.15, -0.1) is 11.8 Å². The molecule has 152 valence electrons. The number of hydrogen-bond acceptors (Lipinski definition) is 4. The zero-order chi connectivity index (χ0) is 21.0. The van der Waals surface area contributed by atoms with Crippen molar-refractivity contribution in [2.24, 2.45) is 0 Å². The number of hydrogen-bond donors (Lipinski definition) is 1. The molecule has 0 bridgehead atoms. The van der Waals surface area contributed by atoms with Crippen LogP contribution in [0.1, 0.15) is 19.4 Å². The van der Waals surface area contributed by atoms with Gasteiger partial charge in [0.2, 0.25) is 5.91 Å². The van der Waals surface area contributed by atoms with Crippen molar-refractivity contribution >= 4 is 27.5 Å². The van der Waals surface area contributed by atoms with Gasteiger partial charge in [0.25, 0.3) is 0 Å². The zero-order valence-corrected chi connectivity index (χ0v) is 16.9. The molecule has 4 nitrogen and oxygen atoms in total. The Kier molecular flexibility index (Phi) is 6.82. The fourth-order valence-corrected chi connectivity index (χ4v) is 4.49. The maximum absolute atomic E-state index is 12.8. The average molecular weight is 432 g/mol. The molecular weight excluding hydrogens is 411 g/mol. The van der Waals surface area contributed by atoms with Crippen molar-refractivity contribution in [3.05, 3.63) is 60.2 Å². The van der Waals surface area contributed by atoms with Crippen LogP contribution in [0.25, 0.3) is 0 Å². The Morgan fingerprint density at radius 2 is 1.57 bits per heavy atom. The number of benzene rings is 2. The second-order valence-electron chi connectivity index (χ2n) is 6.45. The van der Waals surface area contributed by atoms with E-state index in [1.54, 1.807) is 0 Å². The van der Waals surface area contributed by atoms with E-state index in [0.29, 0.717) is 17.9 Å². The van der Waals surface area contributed by atoms with Crippen LogP contribution in [0.3, 0.4) is 0 Å². The van der Waals surface area contributed by atoms with Gasteiger partial charge in [-0.05, 0) is 50.2 Å². The fourth-order valence-electron chi connectivity index (χ4n) is 2.30. The summed E-state index contributed by atoms with van der Waals surface area (Å²) < 4.78 is 61.7. The molecule has 2 aromatic rings. The van der Waals surface area contributed by atoms with E-state index in [9.17, 15) is 26.4 Å². The van der Waals surface area contributed by atoms with Crippen molar-refractivity contribution in [3.8, 4) is 0 Å². The molecule has 0 atom stereocenters. The zero-order valence-electron chi connectivity index (χ0n) is 15.3. The highest BCUT2D eigenvalue weighted by molar-refractivity contribution is 7.99. The Bertz CT molecular complexity index is 910. The summed E-state index contributed by atoms with van der Waals surface area (Å²) >= 11 is 1.51. The molecule has 0 aromatic heterocycles. The molecule has 0 fully saturated rings. The van der Waals surface area contributed by atoms with Crippen molar-refractivity contribution in [3.63, 3.8) is 0 Å². The van der Waals surface area contributed by atoms with Crippen LogP contribution in [0, 0.1) is 0 Å². The lowest BCUT2D eigenvalue weighted by molar-refractivity contribution is -0.137. The normalized spacial score (nSPS) is 12.6. The second-order valence-corrected chi connectivity index (χ2v) is 10.1. The number of sulfone groups is 1. The Labute approximate surface area is 166 Å². The minimum Gasteiger partial charge on any atom is -0.354 e. The van der Waals surface area contributed by atoms with Gasteiger partial charge >= 0.3 is 6.18 Å². The molecule has 0 radical (unpaired) electrons. The lowest BCUT2D eigenvalue weighted by atomic mass is 10.2. The summed E-state index contributed by atoms with van der Waals surface area (Å²) in [4.78, 5) is 13.1. The van der Waals surface area contributed by atoms with Gasteiger partial charge in [0.1, 0.15) is 4.75 Å². The van der Waals surface area contributed by atoms with Gasteiger partial charge in [0, 0.05) is 17.2 Å². The van der Waals surface area contributed by atoms with Crippen LogP contribution in [0.4, 0.5) is 13.2 Å². The lowest BCUT2D eigenvalue weighted by Gasteiger charge is -2.24. The van der Waals surface area contributed by atoms with Gasteiger partial charge in [-0.25, -0.2) is 8.42 Å². The molecular formula is C19H20F3NO3S2. The number of rotatable bonds is 7. The largest absolute Gasteiger partial charge is 0.416 e. The molecule has 0 heterocycles. The summed E-state index contributed by atoms with van der Waals surface area (Å²) in [7, 11) is -4.18. The molecule has 0 saturated heterocycles. The molecule has 1 amide bonds. The third kappa shape index (κ3) is 5.08. The summed E-state index contributed by atoms with van der Waals surface area (Å²) in [5, 5.41) is 2.59. The summed E-state index contributed by atoms with van der Waals surface area (Å²) in [6.45, 7) is 2.73. The number of amides is 1. The molecule has 0 saturated carbocycles. The minimum absolute atomic E-state index is 0.254. The van der Waals surface area contributed by atoms with Gasteiger partial charge in [0.15, 0.2) is 9.84 Å². The van der Waals surface area contributed by atoms with Crippen LogP contribution in [0.15, 0.2) is 64.4 Å². The van der Waals surface area contributed by atoms with E-state index in [1.165, 1.54) is 25.6 Å². The maximum Gasteiger partial charge on any atom is 0.416 e. The SMILES string of the molecule is CC(C)(C(=O)NCCSc1ccccc1)S(=O)(=O)c1ccc(C(F)(F)F)cc1. The van der Waals surface area contributed by atoms with Crippen LogP contribution >= 0.6 is 11.8 Å². The van der Waals surface area contributed by atoms with Gasteiger partial charge < -0.3 is 5.32 Å². The van der Waals surface area contributed by atoms with Crippen molar-refractivity contribution in [2.75, 3.05) is 12.3 Å². The number of halogens is 3. The minimum atomic E-state index is -4.56. The van der Waals surface area contributed by atoms with Crippen molar-refractivity contribution in [2.45, 2.75) is 34.6 Å². The first-order chi connectivity index (χ1) is 13.0. The highest BCUT2D eigenvalue weighted by Gasteiger charge is 2.43. The van der Waals surface area contributed by atoms with Gasteiger partial charge in [0.05, 0.1) is 10.5 Å². The summed E-state index contributed by atoms with van der Waals surface area (Å²) in [5.41, 5.74) is -0.952. The first kappa shape index (κ1) is 22.3. The molecule has 0 aliphatic carbocycles. The fraction of sp³-hybridized carbons (Fsp3) is 0.316. The van der Waals surface area contributed by atoms with E-state index in [-0.39, 0.29) is 11.4 Å². The molecule has 28 heavy (non-hydrogen) atoms. The monoisotopic (exact) mass is 431 g/mol. The Morgan fingerprint density at radius 3 is 2.11 bits per heavy atom. The number of carbonyl (C=O) groups is 1. The molecule has 0 unspecified atom stereocenters. The maximum atomic E-state index is 12.8. The summed E-state index contributed by atoms with van der Waals surface area (Å²) in [6, 6.07) is 12.6. The van der Waals surface area contributed by atoms with E-state index in [2.05, 4.69) is 5.32 Å². The number of thioether (sulfide) groups is 1. The smallest absolute Gasteiger partial charge is 0.354 e. The quantitative estimate of drug-likeness (QED) is 0.528. The first-order valence-electron chi connectivity index (χ1n) is 8.34. The molecule has 2 aromatic carbocycles. The molecule has 9 heteroatoms. The van der Waals surface area contributed by atoms with Crippen molar-refractivity contribution in [1.82, 2.24) is 5.32 Å². The third-order valence-electron chi connectivity index (χ3n) is 4.11. The third-order valence-corrected chi connectivity index (χ3v) is 7.55. The van der Waals surface area contributed by atoms with E-state index in [4.69, 9.17) is 0 Å². The van der Waals surface area contributed by atoms with Crippen LogP contribution in [-0.4, -0.2) is 31.4 Å². The highest BCUT2D eigenvalue weighted by Crippen LogP contribution is 2.32. The van der Waals surface area contributed by atoms with Crippen molar-refractivity contribution < 1.29 is 26.4 Å².